The zero-order valence-electron chi connectivity index (χ0n) is 15.9. The van der Waals surface area contributed by atoms with Crippen LogP contribution >= 0.6 is 0 Å². The van der Waals surface area contributed by atoms with Gasteiger partial charge in [-0.1, -0.05) is 32.9 Å². The lowest BCUT2D eigenvalue weighted by molar-refractivity contribution is -0.137. The maximum absolute atomic E-state index is 15.4. The number of hydrogen-bond donors (Lipinski definition) is 1. The van der Waals surface area contributed by atoms with Crippen molar-refractivity contribution >= 4 is 5.82 Å². The fraction of sp³-hybridized carbons (Fsp3) is 0.250. The van der Waals surface area contributed by atoms with E-state index in [1.807, 2.05) is 20.8 Å². The summed E-state index contributed by atoms with van der Waals surface area (Å²) in [6.07, 6.45) is -0.768. The predicted molar refractivity (Wildman–Crippen MR) is 99.9 cm³/mol. The van der Waals surface area contributed by atoms with E-state index in [1.165, 1.54) is 18.5 Å². The molecule has 3 aromatic rings. The van der Waals surface area contributed by atoms with Crippen LogP contribution in [0.5, 0.6) is 11.8 Å². The first-order valence-corrected chi connectivity index (χ1v) is 8.59. The largest absolute Gasteiger partial charge is 0.421 e. The lowest BCUT2D eigenvalue weighted by atomic mass is 9.85. The highest BCUT2D eigenvalue weighted by Crippen LogP contribution is 2.41. The van der Waals surface area contributed by atoms with Crippen molar-refractivity contribution in [1.82, 2.24) is 15.0 Å². The Bertz CT molecular complexity index is 1030. The molecule has 0 saturated heterocycles. The molecule has 0 atom stereocenters. The molecule has 0 aliphatic carbocycles. The Labute approximate surface area is 164 Å². The predicted octanol–water partition coefficient (Wildman–Crippen LogP) is 5.37. The van der Waals surface area contributed by atoms with Crippen LogP contribution in [-0.2, 0) is 11.6 Å². The molecule has 0 spiro atoms. The van der Waals surface area contributed by atoms with Gasteiger partial charge in [-0.2, -0.15) is 13.2 Å². The molecule has 0 amide bonds. The van der Waals surface area contributed by atoms with E-state index in [1.54, 1.807) is 12.1 Å². The number of anilines is 1. The van der Waals surface area contributed by atoms with Crippen LogP contribution < -0.4 is 10.5 Å². The van der Waals surface area contributed by atoms with Gasteiger partial charge < -0.3 is 10.5 Å². The summed E-state index contributed by atoms with van der Waals surface area (Å²) >= 11 is 0. The lowest BCUT2D eigenvalue weighted by Crippen LogP contribution is -2.14. The minimum absolute atomic E-state index is 0.0803. The maximum atomic E-state index is 15.4. The van der Waals surface area contributed by atoms with E-state index >= 15 is 4.39 Å². The average molecular weight is 406 g/mol. The van der Waals surface area contributed by atoms with Gasteiger partial charge in [0.05, 0.1) is 5.56 Å². The van der Waals surface area contributed by atoms with Crippen molar-refractivity contribution in [2.75, 3.05) is 5.73 Å². The maximum Gasteiger partial charge on any atom is 0.419 e. The summed E-state index contributed by atoms with van der Waals surface area (Å²) in [6.45, 7) is 5.56. The third-order valence-corrected chi connectivity index (χ3v) is 4.18. The van der Waals surface area contributed by atoms with Gasteiger partial charge in [-0.25, -0.2) is 19.3 Å². The third-order valence-electron chi connectivity index (χ3n) is 4.18. The van der Waals surface area contributed by atoms with Gasteiger partial charge in [0, 0.05) is 35.3 Å². The number of pyridine rings is 1. The Morgan fingerprint density at radius 1 is 0.966 bits per heavy atom. The van der Waals surface area contributed by atoms with Crippen molar-refractivity contribution in [1.29, 1.82) is 0 Å². The van der Waals surface area contributed by atoms with Crippen molar-refractivity contribution in [2.45, 2.75) is 32.4 Å². The van der Waals surface area contributed by atoms with Crippen LogP contribution in [0.2, 0.25) is 0 Å². The number of alkyl halides is 3. The first-order valence-electron chi connectivity index (χ1n) is 8.59. The van der Waals surface area contributed by atoms with Gasteiger partial charge in [0.2, 0.25) is 0 Å². The lowest BCUT2D eigenvalue weighted by Gasteiger charge is -2.23. The second-order valence-corrected chi connectivity index (χ2v) is 7.34. The standard InChI is InChI=1S/C20H18F4N4O/c1-19(2,3)13-6-5-12(11-9-14(20(22,23)24)17(25)28-10-11)15(21)16(13)29-18-26-7-4-8-27-18/h4-10H,1-3H3,(H2,25,28). The van der Waals surface area contributed by atoms with Crippen LogP contribution in [0.1, 0.15) is 31.9 Å². The van der Waals surface area contributed by atoms with Gasteiger partial charge in [-0.3, -0.25) is 0 Å². The number of nitrogen functional groups attached to an aromatic ring is 1. The number of hydrogen-bond acceptors (Lipinski definition) is 5. The SMILES string of the molecule is CC(C)(C)c1ccc(-c2cnc(N)c(C(F)(F)F)c2)c(F)c1Oc1ncccn1. The summed E-state index contributed by atoms with van der Waals surface area (Å²) in [7, 11) is 0. The monoisotopic (exact) mass is 406 g/mol. The van der Waals surface area contributed by atoms with E-state index in [0.717, 1.165) is 12.3 Å². The Kier molecular flexibility index (Phi) is 5.16. The quantitative estimate of drug-likeness (QED) is 0.592. The summed E-state index contributed by atoms with van der Waals surface area (Å²) in [5.41, 5.74) is 4.00. The number of benzene rings is 1. The van der Waals surface area contributed by atoms with Gasteiger partial charge >= 0.3 is 12.2 Å². The minimum atomic E-state index is -4.72. The molecule has 3 rings (SSSR count). The van der Waals surface area contributed by atoms with Crippen LogP contribution in [0.25, 0.3) is 11.1 Å². The highest BCUT2D eigenvalue weighted by molar-refractivity contribution is 5.69. The van der Waals surface area contributed by atoms with E-state index in [9.17, 15) is 13.2 Å². The normalized spacial score (nSPS) is 12.1. The van der Waals surface area contributed by atoms with Gasteiger partial charge in [0.15, 0.2) is 11.6 Å². The second kappa shape index (κ2) is 7.31. The Morgan fingerprint density at radius 2 is 1.62 bits per heavy atom. The van der Waals surface area contributed by atoms with Gasteiger partial charge in [0.25, 0.3) is 0 Å². The van der Waals surface area contributed by atoms with E-state index in [-0.39, 0.29) is 22.9 Å². The molecule has 1 aromatic carbocycles. The van der Waals surface area contributed by atoms with E-state index < -0.39 is 28.8 Å². The molecule has 0 bridgehead atoms. The summed E-state index contributed by atoms with van der Waals surface area (Å²) in [5, 5.41) is 0. The molecule has 0 aliphatic heterocycles. The highest BCUT2D eigenvalue weighted by Gasteiger charge is 2.34. The Morgan fingerprint density at radius 3 is 2.21 bits per heavy atom. The van der Waals surface area contributed by atoms with E-state index in [0.29, 0.717) is 5.56 Å². The molecule has 0 saturated carbocycles. The first-order chi connectivity index (χ1) is 13.5. The van der Waals surface area contributed by atoms with Crippen molar-refractivity contribution in [2.24, 2.45) is 0 Å². The topological polar surface area (TPSA) is 73.9 Å². The number of nitrogens with two attached hydrogens (primary N) is 1. The molecule has 29 heavy (non-hydrogen) atoms. The molecule has 0 fully saturated rings. The Balaban J connectivity index is 2.18. The van der Waals surface area contributed by atoms with Crippen LogP contribution in [0.15, 0.2) is 42.9 Å². The Hall–Kier alpha value is -3.23. The van der Waals surface area contributed by atoms with Crippen molar-refractivity contribution in [3.05, 3.63) is 59.8 Å². The van der Waals surface area contributed by atoms with Crippen molar-refractivity contribution < 1.29 is 22.3 Å². The molecule has 0 aliphatic rings. The number of aromatic nitrogens is 3. The molecule has 9 heteroatoms. The van der Waals surface area contributed by atoms with E-state index in [2.05, 4.69) is 15.0 Å². The van der Waals surface area contributed by atoms with Gasteiger partial charge in [-0.15, -0.1) is 0 Å². The van der Waals surface area contributed by atoms with Crippen molar-refractivity contribution in [3.63, 3.8) is 0 Å². The number of ether oxygens (including phenoxy) is 1. The number of rotatable bonds is 3. The number of halogens is 4. The molecule has 2 heterocycles. The summed E-state index contributed by atoms with van der Waals surface area (Å²) in [6, 6.07) is 5.24. The van der Waals surface area contributed by atoms with Crippen LogP contribution in [0.4, 0.5) is 23.4 Å². The third kappa shape index (κ3) is 4.28. The molecular formula is C20H18F4N4O. The molecule has 2 N–H and O–H groups in total. The second-order valence-electron chi connectivity index (χ2n) is 7.34. The fourth-order valence-electron chi connectivity index (χ4n) is 2.75. The molecule has 2 aromatic heterocycles. The van der Waals surface area contributed by atoms with Crippen LogP contribution in [-0.4, -0.2) is 15.0 Å². The van der Waals surface area contributed by atoms with Crippen molar-refractivity contribution in [3.8, 4) is 22.9 Å². The van der Waals surface area contributed by atoms with Gasteiger partial charge in [0.1, 0.15) is 5.82 Å². The van der Waals surface area contributed by atoms with Crippen LogP contribution in [0.3, 0.4) is 0 Å². The first kappa shape index (κ1) is 20.5. The smallest absolute Gasteiger partial charge is 0.419 e. The zero-order valence-corrected chi connectivity index (χ0v) is 15.9. The molecule has 152 valence electrons. The zero-order chi connectivity index (χ0) is 21.4. The highest BCUT2D eigenvalue weighted by atomic mass is 19.4. The summed E-state index contributed by atoms with van der Waals surface area (Å²) in [4.78, 5) is 11.4. The van der Waals surface area contributed by atoms with Crippen LogP contribution in [0, 0.1) is 5.82 Å². The van der Waals surface area contributed by atoms with E-state index in [4.69, 9.17) is 10.5 Å². The molecular weight excluding hydrogens is 388 g/mol. The molecule has 0 radical (unpaired) electrons. The fourth-order valence-corrected chi connectivity index (χ4v) is 2.75. The molecule has 0 unspecified atom stereocenters. The molecule has 5 nitrogen and oxygen atoms in total. The van der Waals surface area contributed by atoms with Gasteiger partial charge in [-0.05, 0) is 17.5 Å². The average Bonchev–Trinajstić information content (AvgIpc) is 2.63. The summed E-state index contributed by atoms with van der Waals surface area (Å²) < 4.78 is 60.6. The summed E-state index contributed by atoms with van der Waals surface area (Å²) in [5.74, 6) is -1.68. The number of nitrogens with zero attached hydrogens (tertiary/aromatic N) is 3. The minimum Gasteiger partial charge on any atom is -0.421 e.